The third kappa shape index (κ3) is 4.76. The minimum Gasteiger partial charge on any atom is -0.325 e. The molecule has 2 aromatic carbocycles. The van der Waals surface area contributed by atoms with Gasteiger partial charge in [-0.05, 0) is 23.8 Å². The fraction of sp³-hybridized carbons (Fsp3) is 0.105. The number of guanidine groups is 1. The highest BCUT2D eigenvalue weighted by atomic mass is 19.1. The molecule has 3 rings (SSSR count). The van der Waals surface area contributed by atoms with Crippen LogP contribution >= 0.6 is 0 Å². The standard InChI is InChI=1S/C19H15FN6O2/c20-14-6-7-15(13(8-14)10-21)23-17(27)9-16-18(28)25-19(24-16)26-22-11-12-4-2-1-3-5-12/h1-8,11,16H,9H2,(H,23,27)(H2,24,25,26,28)/b22-11+. The van der Waals surface area contributed by atoms with Gasteiger partial charge in [-0.2, -0.15) is 10.4 Å². The van der Waals surface area contributed by atoms with Crippen molar-refractivity contribution in [3.8, 4) is 6.07 Å². The van der Waals surface area contributed by atoms with Gasteiger partial charge in [-0.15, -0.1) is 0 Å². The Kier molecular flexibility index (Phi) is 5.72. The number of hydrogen-bond donors (Lipinski definition) is 3. The van der Waals surface area contributed by atoms with Gasteiger partial charge in [0.1, 0.15) is 17.9 Å². The molecule has 0 saturated heterocycles. The summed E-state index contributed by atoms with van der Waals surface area (Å²) in [7, 11) is 0. The van der Waals surface area contributed by atoms with E-state index in [0.29, 0.717) is 0 Å². The zero-order chi connectivity index (χ0) is 19.9. The van der Waals surface area contributed by atoms with Crippen LogP contribution in [0.3, 0.4) is 0 Å². The molecule has 0 aromatic heterocycles. The zero-order valence-electron chi connectivity index (χ0n) is 14.5. The van der Waals surface area contributed by atoms with Gasteiger partial charge in [0.2, 0.25) is 11.9 Å². The molecule has 1 unspecified atom stereocenters. The highest BCUT2D eigenvalue weighted by Crippen LogP contribution is 2.17. The zero-order valence-corrected chi connectivity index (χ0v) is 14.5. The van der Waals surface area contributed by atoms with Gasteiger partial charge >= 0.3 is 0 Å². The van der Waals surface area contributed by atoms with E-state index in [-0.39, 0.29) is 23.6 Å². The van der Waals surface area contributed by atoms with Crippen molar-refractivity contribution in [2.24, 2.45) is 10.1 Å². The minimum absolute atomic E-state index is 0.00895. The number of nitriles is 1. The molecular weight excluding hydrogens is 363 g/mol. The van der Waals surface area contributed by atoms with Crippen LogP contribution in [-0.4, -0.2) is 30.0 Å². The summed E-state index contributed by atoms with van der Waals surface area (Å²) >= 11 is 0. The summed E-state index contributed by atoms with van der Waals surface area (Å²) in [5, 5.41) is 18.0. The lowest BCUT2D eigenvalue weighted by molar-refractivity contribution is -0.123. The molecule has 3 N–H and O–H groups in total. The number of rotatable bonds is 5. The molecular formula is C19H15FN6O2. The van der Waals surface area contributed by atoms with Crippen molar-refractivity contribution in [2.75, 3.05) is 5.32 Å². The van der Waals surface area contributed by atoms with E-state index in [9.17, 15) is 14.0 Å². The number of nitrogens with zero attached hydrogens (tertiary/aromatic N) is 3. The number of hydrogen-bond acceptors (Lipinski definition) is 6. The summed E-state index contributed by atoms with van der Waals surface area (Å²) < 4.78 is 13.2. The molecule has 140 valence electrons. The lowest BCUT2D eigenvalue weighted by Crippen LogP contribution is -2.35. The molecule has 2 aromatic rings. The number of carbonyl (C=O) groups is 2. The topological polar surface area (TPSA) is 119 Å². The molecule has 9 heteroatoms. The Morgan fingerprint density at radius 3 is 2.86 bits per heavy atom. The predicted octanol–water partition coefficient (Wildman–Crippen LogP) is 1.50. The Morgan fingerprint density at radius 1 is 1.32 bits per heavy atom. The number of hydrazone groups is 1. The first-order valence-electron chi connectivity index (χ1n) is 8.27. The van der Waals surface area contributed by atoms with Gasteiger partial charge in [0.05, 0.1) is 23.9 Å². The summed E-state index contributed by atoms with van der Waals surface area (Å²) in [4.78, 5) is 28.2. The Balaban J connectivity index is 1.58. The van der Waals surface area contributed by atoms with Gasteiger partial charge in [-0.3, -0.25) is 14.9 Å². The van der Waals surface area contributed by atoms with E-state index in [0.717, 1.165) is 17.7 Å². The Hall–Kier alpha value is -4.06. The maximum atomic E-state index is 13.2. The summed E-state index contributed by atoms with van der Waals surface area (Å²) in [5.41, 5.74) is 3.63. The predicted molar refractivity (Wildman–Crippen MR) is 101 cm³/mol. The van der Waals surface area contributed by atoms with Crippen molar-refractivity contribution in [3.63, 3.8) is 0 Å². The number of carbonyl (C=O) groups excluding carboxylic acids is 2. The lowest BCUT2D eigenvalue weighted by atomic mass is 10.1. The lowest BCUT2D eigenvalue weighted by Gasteiger charge is -2.08. The number of aliphatic imine (C=N–C) groups is 1. The second kappa shape index (κ2) is 8.55. The average Bonchev–Trinajstić information content (AvgIpc) is 3.03. The Bertz CT molecular complexity index is 997. The van der Waals surface area contributed by atoms with Gasteiger partial charge in [0.15, 0.2) is 0 Å². The van der Waals surface area contributed by atoms with Crippen molar-refractivity contribution in [1.82, 2.24) is 10.7 Å². The summed E-state index contributed by atoms with van der Waals surface area (Å²) in [6, 6.07) is 13.6. The highest BCUT2D eigenvalue weighted by Gasteiger charge is 2.28. The molecule has 0 bridgehead atoms. The molecule has 0 saturated carbocycles. The molecule has 1 aliphatic rings. The first-order chi connectivity index (χ1) is 13.5. The smallest absolute Gasteiger partial charge is 0.252 e. The Morgan fingerprint density at radius 2 is 2.11 bits per heavy atom. The SMILES string of the molecule is N#Cc1cc(F)ccc1NC(=O)CC1N=C(N/N=C/c2ccccc2)NC1=O. The minimum atomic E-state index is -0.930. The van der Waals surface area contributed by atoms with Gasteiger partial charge in [0, 0.05) is 0 Å². The number of amides is 2. The van der Waals surface area contributed by atoms with Crippen LogP contribution in [-0.2, 0) is 9.59 Å². The second-order valence-corrected chi connectivity index (χ2v) is 5.82. The Labute approximate surface area is 159 Å². The van der Waals surface area contributed by atoms with E-state index in [1.165, 1.54) is 6.07 Å². The number of halogens is 1. The van der Waals surface area contributed by atoms with Gasteiger partial charge in [-0.1, -0.05) is 30.3 Å². The van der Waals surface area contributed by atoms with Crippen LogP contribution < -0.4 is 16.1 Å². The number of anilines is 1. The molecule has 0 fully saturated rings. The van der Waals surface area contributed by atoms with Gasteiger partial charge < -0.3 is 5.32 Å². The average molecular weight is 378 g/mol. The van der Waals surface area contributed by atoms with E-state index in [2.05, 4.69) is 26.2 Å². The molecule has 0 spiro atoms. The van der Waals surface area contributed by atoms with E-state index >= 15 is 0 Å². The fourth-order valence-electron chi connectivity index (χ4n) is 2.44. The van der Waals surface area contributed by atoms with E-state index in [1.54, 1.807) is 12.3 Å². The molecule has 0 radical (unpaired) electrons. The molecule has 1 atom stereocenters. The number of nitrogens with one attached hydrogen (secondary N) is 3. The van der Waals surface area contributed by atoms with Crippen LogP contribution in [0.5, 0.6) is 0 Å². The van der Waals surface area contributed by atoms with Crippen molar-refractivity contribution in [3.05, 3.63) is 65.5 Å². The largest absolute Gasteiger partial charge is 0.325 e. The van der Waals surface area contributed by atoms with E-state index in [1.807, 2.05) is 30.3 Å². The second-order valence-electron chi connectivity index (χ2n) is 5.82. The fourth-order valence-corrected chi connectivity index (χ4v) is 2.44. The van der Waals surface area contributed by atoms with Gasteiger partial charge in [0.25, 0.3) is 5.91 Å². The molecule has 8 nitrogen and oxygen atoms in total. The summed E-state index contributed by atoms with van der Waals surface area (Å²) in [6.45, 7) is 0. The molecule has 2 amide bonds. The van der Waals surface area contributed by atoms with Crippen molar-refractivity contribution < 1.29 is 14.0 Å². The summed E-state index contributed by atoms with van der Waals surface area (Å²) in [6.07, 6.45) is 1.33. The quantitative estimate of drug-likeness (QED) is 0.540. The first-order valence-corrected chi connectivity index (χ1v) is 8.27. The van der Waals surface area contributed by atoms with Crippen LogP contribution in [0, 0.1) is 17.1 Å². The maximum Gasteiger partial charge on any atom is 0.252 e. The maximum absolute atomic E-state index is 13.2. The van der Waals surface area contributed by atoms with Crippen molar-refractivity contribution in [1.29, 1.82) is 5.26 Å². The van der Waals surface area contributed by atoms with Crippen LogP contribution in [0.4, 0.5) is 10.1 Å². The monoisotopic (exact) mass is 378 g/mol. The normalized spacial score (nSPS) is 15.6. The third-order valence-electron chi connectivity index (χ3n) is 3.77. The van der Waals surface area contributed by atoms with Crippen molar-refractivity contribution >= 4 is 29.7 Å². The van der Waals surface area contributed by atoms with Crippen LogP contribution in [0.15, 0.2) is 58.6 Å². The van der Waals surface area contributed by atoms with Crippen LogP contribution in [0.25, 0.3) is 0 Å². The van der Waals surface area contributed by atoms with E-state index in [4.69, 9.17) is 5.26 Å². The highest BCUT2D eigenvalue weighted by molar-refractivity contribution is 6.07. The third-order valence-corrected chi connectivity index (χ3v) is 3.77. The molecule has 28 heavy (non-hydrogen) atoms. The summed E-state index contributed by atoms with van der Waals surface area (Å²) in [5.74, 6) is -1.43. The van der Waals surface area contributed by atoms with E-state index < -0.39 is 23.7 Å². The molecule has 1 heterocycles. The van der Waals surface area contributed by atoms with Crippen LogP contribution in [0.1, 0.15) is 17.5 Å². The number of benzene rings is 2. The molecule has 1 aliphatic heterocycles. The molecule has 0 aliphatic carbocycles. The van der Waals surface area contributed by atoms with Gasteiger partial charge in [-0.25, -0.2) is 14.8 Å². The first kappa shape index (κ1) is 18.7. The van der Waals surface area contributed by atoms with Crippen LogP contribution in [0.2, 0.25) is 0 Å². The van der Waals surface area contributed by atoms with Crippen molar-refractivity contribution in [2.45, 2.75) is 12.5 Å².